The molecule has 0 aliphatic carbocycles. The van der Waals surface area contributed by atoms with Crippen molar-refractivity contribution in [3.8, 4) is 5.75 Å². The largest absolute Gasteiger partial charge is 0.483 e. The molecule has 0 bridgehead atoms. The van der Waals surface area contributed by atoms with E-state index >= 15 is 0 Å². The Kier molecular flexibility index (Phi) is 4.80. The van der Waals surface area contributed by atoms with E-state index in [1.54, 1.807) is 11.8 Å². The second-order valence-corrected chi connectivity index (χ2v) is 5.85. The third kappa shape index (κ3) is 3.41. The van der Waals surface area contributed by atoms with Gasteiger partial charge in [-0.3, -0.25) is 4.79 Å². The molecule has 2 heterocycles. The number of para-hydroxylation sites is 1. The number of amides is 1. The lowest BCUT2D eigenvalue weighted by Crippen LogP contribution is -2.45. The van der Waals surface area contributed by atoms with E-state index in [0.29, 0.717) is 31.5 Å². The zero-order valence-electron chi connectivity index (χ0n) is 14.1. The van der Waals surface area contributed by atoms with E-state index in [0.717, 1.165) is 16.9 Å². The first-order chi connectivity index (χ1) is 11.6. The van der Waals surface area contributed by atoms with E-state index in [2.05, 4.69) is 10.2 Å². The van der Waals surface area contributed by atoms with Gasteiger partial charge >= 0.3 is 0 Å². The maximum atomic E-state index is 12.6. The van der Waals surface area contributed by atoms with Gasteiger partial charge in [0.25, 0.3) is 5.91 Å². The highest BCUT2D eigenvalue weighted by Gasteiger charge is 2.32. The number of hydrogen-bond donors (Lipinski definition) is 0. The number of aryl methyl sites for hydroxylation is 3. The highest BCUT2D eigenvalue weighted by Crippen LogP contribution is 2.25. The van der Waals surface area contributed by atoms with Gasteiger partial charge in [-0.2, -0.15) is 0 Å². The fourth-order valence-electron chi connectivity index (χ4n) is 2.80. The highest BCUT2D eigenvalue weighted by molar-refractivity contribution is 5.78. The van der Waals surface area contributed by atoms with Crippen LogP contribution in [0.2, 0.25) is 0 Å². The molecule has 0 N–H and O–H groups in total. The summed E-state index contributed by atoms with van der Waals surface area (Å²) in [5.41, 5.74) is 2.02. The Balaban J connectivity index is 1.70. The molecule has 24 heavy (non-hydrogen) atoms. The summed E-state index contributed by atoms with van der Waals surface area (Å²) >= 11 is 0. The second kappa shape index (κ2) is 7.00. The van der Waals surface area contributed by atoms with Crippen LogP contribution in [0.4, 0.5) is 0 Å². The standard InChI is InChI=1S/C17H21N3O4/c1-11-5-4-6-12(2)16(11)23-10-15(21)20-7-8-22-9-14(20)17-19-18-13(3)24-17/h4-6,14H,7-10H2,1-3H3/t14-/m1/s1. The van der Waals surface area contributed by atoms with E-state index in [4.69, 9.17) is 13.9 Å². The Morgan fingerprint density at radius 1 is 1.29 bits per heavy atom. The summed E-state index contributed by atoms with van der Waals surface area (Å²) in [5, 5.41) is 7.85. The normalized spacial score (nSPS) is 17.8. The fourth-order valence-corrected chi connectivity index (χ4v) is 2.80. The lowest BCUT2D eigenvalue weighted by molar-refractivity contribution is -0.143. The van der Waals surface area contributed by atoms with Gasteiger partial charge in [0.05, 0.1) is 13.2 Å². The number of carbonyl (C=O) groups is 1. The SMILES string of the molecule is Cc1nnc([C@H]2COCCN2C(=O)COc2c(C)cccc2C)o1. The second-order valence-electron chi connectivity index (χ2n) is 5.85. The Morgan fingerprint density at radius 2 is 2.04 bits per heavy atom. The van der Waals surface area contributed by atoms with Gasteiger partial charge in [-0.25, -0.2) is 0 Å². The van der Waals surface area contributed by atoms with Crippen molar-refractivity contribution in [3.05, 3.63) is 41.1 Å². The van der Waals surface area contributed by atoms with Gasteiger partial charge in [-0.05, 0) is 25.0 Å². The molecule has 0 saturated carbocycles. The monoisotopic (exact) mass is 331 g/mol. The van der Waals surface area contributed by atoms with Crippen LogP contribution in [-0.2, 0) is 9.53 Å². The van der Waals surface area contributed by atoms with Crippen LogP contribution >= 0.6 is 0 Å². The van der Waals surface area contributed by atoms with Gasteiger partial charge < -0.3 is 18.8 Å². The molecule has 1 aromatic heterocycles. The highest BCUT2D eigenvalue weighted by atomic mass is 16.5. The van der Waals surface area contributed by atoms with Crippen molar-refractivity contribution < 1.29 is 18.7 Å². The first kappa shape index (κ1) is 16.4. The van der Waals surface area contributed by atoms with Crippen LogP contribution in [0.25, 0.3) is 0 Å². The lowest BCUT2D eigenvalue weighted by atomic mass is 10.1. The zero-order chi connectivity index (χ0) is 17.1. The summed E-state index contributed by atoms with van der Waals surface area (Å²) < 4.78 is 16.7. The number of aromatic nitrogens is 2. The zero-order valence-corrected chi connectivity index (χ0v) is 14.1. The molecule has 1 fully saturated rings. The van der Waals surface area contributed by atoms with Gasteiger partial charge in [-0.15, -0.1) is 10.2 Å². The summed E-state index contributed by atoms with van der Waals surface area (Å²) in [5.74, 6) is 1.49. The van der Waals surface area contributed by atoms with Crippen molar-refractivity contribution in [1.29, 1.82) is 0 Å². The Hall–Kier alpha value is -2.41. The number of rotatable bonds is 4. The first-order valence-electron chi connectivity index (χ1n) is 7.92. The van der Waals surface area contributed by atoms with Crippen LogP contribution in [0.1, 0.15) is 29.0 Å². The molecule has 3 rings (SSSR count). The molecule has 1 saturated heterocycles. The molecule has 1 amide bonds. The summed E-state index contributed by atoms with van der Waals surface area (Å²) in [6.45, 7) is 6.92. The summed E-state index contributed by atoms with van der Waals surface area (Å²) in [6, 6.07) is 5.53. The molecule has 1 aliphatic heterocycles. The van der Waals surface area contributed by atoms with Crippen LogP contribution in [0.3, 0.4) is 0 Å². The van der Waals surface area contributed by atoms with Crippen molar-refractivity contribution in [2.45, 2.75) is 26.8 Å². The van der Waals surface area contributed by atoms with E-state index in [1.807, 2.05) is 32.0 Å². The topological polar surface area (TPSA) is 77.7 Å². The maximum absolute atomic E-state index is 12.6. The first-order valence-corrected chi connectivity index (χ1v) is 7.92. The summed E-state index contributed by atoms with van der Waals surface area (Å²) in [6.07, 6.45) is 0. The molecule has 128 valence electrons. The lowest BCUT2D eigenvalue weighted by Gasteiger charge is -2.33. The smallest absolute Gasteiger partial charge is 0.261 e. The summed E-state index contributed by atoms with van der Waals surface area (Å²) in [4.78, 5) is 14.3. The molecule has 1 aromatic carbocycles. The maximum Gasteiger partial charge on any atom is 0.261 e. The molecule has 0 spiro atoms. The van der Waals surface area contributed by atoms with Crippen molar-refractivity contribution in [1.82, 2.24) is 15.1 Å². The quantitative estimate of drug-likeness (QED) is 0.852. The van der Waals surface area contributed by atoms with Crippen LogP contribution in [0.5, 0.6) is 5.75 Å². The molecule has 2 aromatic rings. The minimum Gasteiger partial charge on any atom is -0.483 e. The van der Waals surface area contributed by atoms with Gasteiger partial charge in [0.1, 0.15) is 11.8 Å². The van der Waals surface area contributed by atoms with E-state index in [1.165, 1.54) is 0 Å². The predicted octanol–water partition coefficient (Wildman–Crippen LogP) is 1.97. The number of nitrogens with zero attached hydrogens (tertiary/aromatic N) is 3. The third-order valence-electron chi connectivity index (χ3n) is 4.02. The van der Waals surface area contributed by atoms with Gasteiger partial charge in [0, 0.05) is 13.5 Å². The Bertz CT molecular complexity index is 708. The van der Waals surface area contributed by atoms with Crippen molar-refractivity contribution >= 4 is 5.91 Å². The molecule has 7 heteroatoms. The Morgan fingerprint density at radius 3 is 2.71 bits per heavy atom. The number of carbonyl (C=O) groups excluding carboxylic acids is 1. The van der Waals surface area contributed by atoms with Gasteiger partial charge in [0.15, 0.2) is 6.61 Å². The fraction of sp³-hybridized carbons (Fsp3) is 0.471. The third-order valence-corrected chi connectivity index (χ3v) is 4.02. The van der Waals surface area contributed by atoms with E-state index in [9.17, 15) is 4.79 Å². The molecular weight excluding hydrogens is 310 g/mol. The number of benzene rings is 1. The minimum absolute atomic E-state index is 0.0324. The molecule has 7 nitrogen and oxygen atoms in total. The van der Waals surface area contributed by atoms with E-state index in [-0.39, 0.29) is 18.6 Å². The minimum atomic E-state index is -0.367. The number of hydrogen-bond acceptors (Lipinski definition) is 6. The van der Waals surface area contributed by atoms with Crippen molar-refractivity contribution in [3.63, 3.8) is 0 Å². The Labute approximate surface area is 140 Å². The van der Waals surface area contributed by atoms with Gasteiger partial charge in [-0.1, -0.05) is 18.2 Å². The average Bonchev–Trinajstić information content (AvgIpc) is 3.00. The molecule has 0 unspecified atom stereocenters. The molecule has 1 atom stereocenters. The van der Waals surface area contributed by atoms with Crippen LogP contribution in [0.15, 0.2) is 22.6 Å². The molecule has 1 aliphatic rings. The van der Waals surface area contributed by atoms with E-state index < -0.39 is 0 Å². The van der Waals surface area contributed by atoms with Crippen LogP contribution in [0, 0.1) is 20.8 Å². The number of ether oxygens (including phenoxy) is 2. The predicted molar refractivity (Wildman–Crippen MR) is 85.7 cm³/mol. The van der Waals surface area contributed by atoms with Crippen molar-refractivity contribution in [2.24, 2.45) is 0 Å². The van der Waals surface area contributed by atoms with Gasteiger partial charge in [0.2, 0.25) is 11.8 Å². The molecular formula is C17H21N3O4. The molecule has 0 radical (unpaired) electrons. The van der Waals surface area contributed by atoms with Crippen molar-refractivity contribution in [2.75, 3.05) is 26.4 Å². The van der Waals surface area contributed by atoms with Crippen LogP contribution in [-0.4, -0.2) is 47.4 Å². The number of morpholine rings is 1. The average molecular weight is 331 g/mol. The summed E-state index contributed by atoms with van der Waals surface area (Å²) in [7, 11) is 0. The van der Waals surface area contributed by atoms with Crippen LogP contribution < -0.4 is 4.74 Å².